The lowest BCUT2D eigenvalue weighted by Crippen LogP contribution is -2.40. The standard InChI is InChI=1S/C26H35N3O4/c1-18(2)16-29(21-7-5-4-6-8-21)24-14-13-22(33-17-25(30)31)15-23(24)28-26(32)27-20-11-9-19(3)10-12-20/h9-15,18,21H,4-8,16-17H2,1-3H3,(H,30,31)(H2,27,28,32). The fourth-order valence-electron chi connectivity index (χ4n) is 4.25. The molecule has 0 atom stereocenters. The Morgan fingerprint density at radius 2 is 1.76 bits per heavy atom. The maximum atomic E-state index is 12.8. The van der Waals surface area contributed by atoms with E-state index < -0.39 is 12.6 Å². The molecular weight excluding hydrogens is 418 g/mol. The quantitative estimate of drug-likeness (QED) is 0.440. The summed E-state index contributed by atoms with van der Waals surface area (Å²) in [7, 11) is 0. The molecule has 2 amide bonds. The minimum atomic E-state index is -1.05. The second-order valence-corrected chi connectivity index (χ2v) is 9.14. The van der Waals surface area contributed by atoms with Crippen molar-refractivity contribution in [2.75, 3.05) is 28.7 Å². The van der Waals surface area contributed by atoms with Crippen LogP contribution in [-0.2, 0) is 4.79 Å². The van der Waals surface area contributed by atoms with Crippen LogP contribution < -0.4 is 20.3 Å². The lowest BCUT2D eigenvalue weighted by atomic mass is 9.93. The van der Waals surface area contributed by atoms with Gasteiger partial charge in [-0.2, -0.15) is 0 Å². The Morgan fingerprint density at radius 3 is 2.39 bits per heavy atom. The lowest BCUT2D eigenvalue weighted by Gasteiger charge is -2.38. The number of carbonyl (C=O) groups is 2. The monoisotopic (exact) mass is 453 g/mol. The third-order valence-corrected chi connectivity index (χ3v) is 5.77. The van der Waals surface area contributed by atoms with Gasteiger partial charge in [0, 0.05) is 24.3 Å². The number of benzene rings is 2. The second-order valence-electron chi connectivity index (χ2n) is 9.14. The van der Waals surface area contributed by atoms with Gasteiger partial charge in [-0.3, -0.25) is 0 Å². The molecule has 0 heterocycles. The van der Waals surface area contributed by atoms with Crippen LogP contribution in [0, 0.1) is 12.8 Å². The van der Waals surface area contributed by atoms with Crippen LogP contribution >= 0.6 is 0 Å². The minimum Gasteiger partial charge on any atom is -0.482 e. The SMILES string of the molecule is Cc1ccc(NC(=O)Nc2cc(OCC(=O)O)ccc2N(CC(C)C)C2CCCCC2)cc1. The molecule has 0 aliphatic heterocycles. The number of carboxylic acids is 1. The summed E-state index contributed by atoms with van der Waals surface area (Å²) in [5.74, 6) is -0.196. The van der Waals surface area contributed by atoms with Gasteiger partial charge in [0.2, 0.25) is 0 Å². The molecule has 0 aromatic heterocycles. The van der Waals surface area contributed by atoms with Crippen molar-refractivity contribution in [3.8, 4) is 5.75 Å². The number of ether oxygens (including phenoxy) is 1. The van der Waals surface area contributed by atoms with Crippen LogP contribution in [0.1, 0.15) is 51.5 Å². The van der Waals surface area contributed by atoms with Crippen LogP contribution in [0.3, 0.4) is 0 Å². The van der Waals surface area contributed by atoms with Crippen LogP contribution in [0.25, 0.3) is 0 Å². The van der Waals surface area contributed by atoms with Crippen molar-refractivity contribution in [1.82, 2.24) is 0 Å². The zero-order valence-corrected chi connectivity index (χ0v) is 19.8. The average Bonchev–Trinajstić information content (AvgIpc) is 2.78. The zero-order chi connectivity index (χ0) is 23.8. The second kappa shape index (κ2) is 11.6. The molecule has 0 spiro atoms. The van der Waals surface area contributed by atoms with Gasteiger partial charge in [-0.25, -0.2) is 9.59 Å². The fraction of sp³-hybridized carbons (Fsp3) is 0.462. The van der Waals surface area contributed by atoms with E-state index >= 15 is 0 Å². The molecule has 2 aromatic carbocycles. The third-order valence-electron chi connectivity index (χ3n) is 5.77. The van der Waals surface area contributed by atoms with E-state index in [-0.39, 0.29) is 6.03 Å². The molecule has 178 valence electrons. The number of nitrogens with zero attached hydrogens (tertiary/aromatic N) is 1. The van der Waals surface area contributed by atoms with Gasteiger partial charge in [-0.05, 0) is 49.9 Å². The lowest BCUT2D eigenvalue weighted by molar-refractivity contribution is -0.139. The van der Waals surface area contributed by atoms with Crippen LogP contribution in [0.2, 0.25) is 0 Å². The Kier molecular flexibility index (Phi) is 8.58. The van der Waals surface area contributed by atoms with E-state index in [1.807, 2.05) is 37.3 Å². The van der Waals surface area contributed by atoms with Crippen molar-refractivity contribution >= 4 is 29.1 Å². The molecule has 1 aliphatic rings. The summed E-state index contributed by atoms with van der Waals surface area (Å²) in [4.78, 5) is 26.2. The fourth-order valence-corrected chi connectivity index (χ4v) is 4.25. The number of nitrogens with one attached hydrogen (secondary N) is 2. The predicted molar refractivity (Wildman–Crippen MR) is 132 cm³/mol. The molecule has 3 N–H and O–H groups in total. The average molecular weight is 454 g/mol. The molecule has 0 saturated heterocycles. The molecule has 2 aromatic rings. The molecule has 0 unspecified atom stereocenters. The number of carboxylic acid groups (broad SMARTS) is 1. The first-order chi connectivity index (χ1) is 15.8. The Morgan fingerprint density at radius 1 is 1.06 bits per heavy atom. The number of urea groups is 1. The molecule has 1 aliphatic carbocycles. The number of carbonyl (C=O) groups excluding carboxylic acids is 1. The van der Waals surface area contributed by atoms with Crippen molar-refractivity contribution in [1.29, 1.82) is 0 Å². The first kappa shape index (κ1) is 24.4. The van der Waals surface area contributed by atoms with E-state index in [0.717, 1.165) is 30.6 Å². The third kappa shape index (κ3) is 7.41. The van der Waals surface area contributed by atoms with Gasteiger partial charge in [-0.1, -0.05) is 50.8 Å². The number of amides is 2. The summed E-state index contributed by atoms with van der Waals surface area (Å²) in [6.07, 6.45) is 5.92. The Bertz CT molecular complexity index is 937. The van der Waals surface area contributed by atoms with Gasteiger partial charge in [0.1, 0.15) is 5.75 Å². The summed E-state index contributed by atoms with van der Waals surface area (Å²) in [5.41, 5.74) is 3.35. The first-order valence-corrected chi connectivity index (χ1v) is 11.7. The van der Waals surface area contributed by atoms with Crippen molar-refractivity contribution < 1.29 is 19.4 Å². The largest absolute Gasteiger partial charge is 0.482 e. The molecule has 0 radical (unpaired) electrons. The summed E-state index contributed by atoms with van der Waals surface area (Å²) < 4.78 is 5.39. The highest BCUT2D eigenvalue weighted by molar-refractivity contribution is 6.02. The normalized spacial score (nSPS) is 14.1. The maximum Gasteiger partial charge on any atom is 0.341 e. The molecule has 1 saturated carbocycles. The molecule has 1 fully saturated rings. The number of anilines is 3. The van der Waals surface area contributed by atoms with Crippen molar-refractivity contribution in [2.45, 2.75) is 58.9 Å². The van der Waals surface area contributed by atoms with Gasteiger partial charge in [0.15, 0.2) is 6.61 Å². The molecule has 7 heteroatoms. The van der Waals surface area contributed by atoms with Crippen LogP contribution in [0.5, 0.6) is 5.75 Å². The Labute approximate surface area is 196 Å². The highest BCUT2D eigenvalue weighted by Gasteiger charge is 2.25. The van der Waals surface area contributed by atoms with Gasteiger partial charge in [0.05, 0.1) is 11.4 Å². The van der Waals surface area contributed by atoms with Gasteiger partial charge in [0.25, 0.3) is 0 Å². The number of aryl methyl sites for hydroxylation is 1. The van der Waals surface area contributed by atoms with E-state index in [1.54, 1.807) is 12.1 Å². The number of hydrogen-bond acceptors (Lipinski definition) is 4. The van der Waals surface area contributed by atoms with Gasteiger partial charge < -0.3 is 25.4 Å². The van der Waals surface area contributed by atoms with E-state index in [2.05, 4.69) is 29.4 Å². The molecule has 33 heavy (non-hydrogen) atoms. The summed E-state index contributed by atoms with van der Waals surface area (Å²) in [6.45, 7) is 6.81. The highest BCUT2D eigenvalue weighted by Crippen LogP contribution is 2.36. The minimum absolute atomic E-state index is 0.358. The van der Waals surface area contributed by atoms with Gasteiger partial charge >= 0.3 is 12.0 Å². The van der Waals surface area contributed by atoms with Gasteiger partial charge in [-0.15, -0.1) is 0 Å². The first-order valence-electron chi connectivity index (χ1n) is 11.7. The van der Waals surface area contributed by atoms with E-state index in [9.17, 15) is 9.59 Å². The van der Waals surface area contributed by atoms with Crippen molar-refractivity contribution in [3.63, 3.8) is 0 Å². The number of rotatable bonds is 9. The van der Waals surface area contributed by atoms with Crippen LogP contribution in [-0.4, -0.2) is 36.3 Å². The summed E-state index contributed by atoms with van der Waals surface area (Å²) in [6, 6.07) is 13.1. The maximum absolute atomic E-state index is 12.8. The van der Waals surface area contributed by atoms with Crippen LogP contribution in [0.4, 0.5) is 21.9 Å². The molecule has 0 bridgehead atoms. The summed E-state index contributed by atoms with van der Waals surface area (Å²) in [5, 5.41) is 14.8. The number of aliphatic carboxylic acids is 1. The Hall–Kier alpha value is -3.22. The summed E-state index contributed by atoms with van der Waals surface area (Å²) >= 11 is 0. The van der Waals surface area contributed by atoms with Crippen LogP contribution in [0.15, 0.2) is 42.5 Å². The van der Waals surface area contributed by atoms with E-state index in [0.29, 0.717) is 29.1 Å². The number of hydrogen-bond donors (Lipinski definition) is 3. The smallest absolute Gasteiger partial charge is 0.341 e. The molecule has 3 rings (SSSR count). The van der Waals surface area contributed by atoms with E-state index in [4.69, 9.17) is 9.84 Å². The highest BCUT2D eigenvalue weighted by atomic mass is 16.5. The predicted octanol–water partition coefficient (Wildman–Crippen LogP) is 5.90. The molecular formula is C26H35N3O4. The zero-order valence-electron chi connectivity index (χ0n) is 19.8. The van der Waals surface area contributed by atoms with Crippen molar-refractivity contribution in [3.05, 3.63) is 48.0 Å². The molecule has 7 nitrogen and oxygen atoms in total. The Balaban J connectivity index is 1.88. The van der Waals surface area contributed by atoms with Crippen molar-refractivity contribution in [2.24, 2.45) is 5.92 Å². The van der Waals surface area contributed by atoms with E-state index in [1.165, 1.54) is 19.3 Å². The topological polar surface area (TPSA) is 90.9 Å².